The minimum atomic E-state index is -4.29. The van der Waals surface area contributed by atoms with E-state index in [1.54, 1.807) is 24.3 Å². The molecule has 1 aliphatic carbocycles. The molecule has 246 valence electrons. The molecule has 1 N–H and O–H groups in total. The second kappa shape index (κ2) is 15.8. The van der Waals surface area contributed by atoms with E-state index in [2.05, 4.69) is 5.32 Å². The van der Waals surface area contributed by atoms with Crippen LogP contribution >= 0.6 is 23.2 Å². The summed E-state index contributed by atoms with van der Waals surface area (Å²) in [6.07, 6.45) is 5.22. The molecule has 0 aliphatic heterocycles. The van der Waals surface area contributed by atoms with Crippen molar-refractivity contribution in [2.24, 2.45) is 0 Å². The van der Waals surface area contributed by atoms with E-state index in [1.165, 1.54) is 29.2 Å². The van der Waals surface area contributed by atoms with E-state index < -0.39 is 28.5 Å². The molecule has 47 heavy (non-hydrogen) atoms. The largest absolute Gasteiger partial charge is 0.352 e. The molecule has 1 atom stereocenters. The normalized spacial score (nSPS) is 14.3. The number of hydrogen-bond acceptors (Lipinski definition) is 4. The Morgan fingerprint density at radius 1 is 0.851 bits per heavy atom. The van der Waals surface area contributed by atoms with Crippen molar-refractivity contribution in [3.05, 3.63) is 130 Å². The third-order valence-corrected chi connectivity index (χ3v) is 10.9. The van der Waals surface area contributed by atoms with E-state index in [4.69, 9.17) is 23.2 Å². The van der Waals surface area contributed by atoms with Gasteiger partial charge < -0.3 is 10.2 Å². The molecule has 0 saturated heterocycles. The summed E-state index contributed by atoms with van der Waals surface area (Å²) in [6.45, 7) is 1.44. The third-order valence-electron chi connectivity index (χ3n) is 8.61. The number of carbonyl (C=O) groups excluding carboxylic acids is 2. The summed E-state index contributed by atoms with van der Waals surface area (Å²) in [4.78, 5) is 30.4. The van der Waals surface area contributed by atoms with Gasteiger partial charge in [0.2, 0.25) is 11.8 Å². The molecule has 7 nitrogen and oxygen atoms in total. The van der Waals surface area contributed by atoms with Crippen molar-refractivity contribution in [1.82, 2.24) is 10.2 Å². The Hall–Kier alpha value is -3.85. The van der Waals surface area contributed by atoms with Crippen LogP contribution in [0.4, 0.5) is 5.69 Å². The van der Waals surface area contributed by atoms with Crippen molar-refractivity contribution in [2.45, 2.75) is 69.0 Å². The lowest BCUT2D eigenvalue weighted by Gasteiger charge is -2.35. The molecule has 1 aliphatic rings. The lowest BCUT2D eigenvalue weighted by atomic mass is 9.94. The van der Waals surface area contributed by atoms with Crippen molar-refractivity contribution in [3.8, 4) is 0 Å². The Labute approximate surface area is 287 Å². The molecule has 4 aromatic carbocycles. The van der Waals surface area contributed by atoms with Crippen molar-refractivity contribution < 1.29 is 18.0 Å². The maximum atomic E-state index is 14.7. The number of rotatable bonds is 12. The third kappa shape index (κ3) is 8.74. The van der Waals surface area contributed by atoms with Crippen LogP contribution in [0.25, 0.3) is 0 Å². The van der Waals surface area contributed by atoms with Gasteiger partial charge in [-0.25, -0.2) is 8.42 Å². The number of nitrogens with zero attached hydrogens (tertiary/aromatic N) is 2. The number of hydrogen-bond donors (Lipinski definition) is 1. The van der Waals surface area contributed by atoms with Crippen LogP contribution in [-0.2, 0) is 32.6 Å². The first-order valence-electron chi connectivity index (χ1n) is 15.8. The van der Waals surface area contributed by atoms with Gasteiger partial charge in [0.25, 0.3) is 10.0 Å². The number of halogens is 2. The highest BCUT2D eigenvalue weighted by molar-refractivity contribution is 7.92. The zero-order valence-corrected chi connectivity index (χ0v) is 28.6. The first-order valence-corrected chi connectivity index (χ1v) is 18.0. The fraction of sp³-hybridized carbons (Fsp3) is 0.297. The maximum absolute atomic E-state index is 14.7. The van der Waals surface area contributed by atoms with Gasteiger partial charge in [-0.2, -0.15) is 0 Å². The molecule has 0 unspecified atom stereocenters. The average Bonchev–Trinajstić information content (AvgIpc) is 3.08. The Balaban J connectivity index is 1.59. The predicted octanol–water partition coefficient (Wildman–Crippen LogP) is 7.59. The lowest BCUT2D eigenvalue weighted by molar-refractivity contribution is -0.140. The molecule has 5 rings (SSSR count). The van der Waals surface area contributed by atoms with Crippen LogP contribution in [0.3, 0.4) is 0 Å². The van der Waals surface area contributed by atoms with Gasteiger partial charge in [0.15, 0.2) is 0 Å². The number of sulfonamides is 1. The molecule has 10 heteroatoms. The molecule has 0 bridgehead atoms. The van der Waals surface area contributed by atoms with Gasteiger partial charge >= 0.3 is 0 Å². The predicted molar refractivity (Wildman–Crippen MR) is 188 cm³/mol. The van der Waals surface area contributed by atoms with Crippen LogP contribution in [0, 0.1) is 6.92 Å². The first kappa shape index (κ1) is 34.5. The summed E-state index contributed by atoms with van der Waals surface area (Å²) in [7, 11) is -4.29. The first-order chi connectivity index (χ1) is 22.6. The number of benzene rings is 4. The zero-order valence-electron chi connectivity index (χ0n) is 26.3. The number of anilines is 1. The zero-order chi connectivity index (χ0) is 33.4. The van der Waals surface area contributed by atoms with Crippen molar-refractivity contribution in [2.75, 3.05) is 10.8 Å². The van der Waals surface area contributed by atoms with Gasteiger partial charge in [-0.05, 0) is 66.8 Å². The van der Waals surface area contributed by atoms with Gasteiger partial charge in [-0.15, -0.1) is 0 Å². The maximum Gasteiger partial charge on any atom is 0.264 e. The van der Waals surface area contributed by atoms with E-state index in [9.17, 15) is 18.0 Å². The fourth-order valence-corrected chi connectivity index (χ4v) is 7.86. The molecule has 0 heterocycles. The topological polar surface area (TPSA) is 86.8 Å². The van der Waals surface area contributed by atoms with Crippen LogP contribution in [0.2, 0.25) is 10.0 Å². The van der Waals surface area contributed by atoms with Crippen LogP contribution in [0.1, 0.15) is 48.8 Å². The van der Waals surface area contributed by atoms with Gasteiger partial charge in [-0.3, -0.25) is 13.9 Å². The average molecular weight is 693 g/mol. The number of carbonyl (C=O) groups is 2. The number of aryl methyl sites for hydroxylation is 1. The van der Waals surface area contributed by atoms with Crippen molar-refractivity contribution >= 4 is 50.7 Å². The van der Waals surface area contributed by atoms with Crippen LogP contribution in [0.5, 0.6) is 0 Å². The van der Waals surface area contributed by atoms with E-state index >= 15 is 0 Å². The SMILES string of the molecule is Cc1ccccc1CN(C(=O)CN(c1cc(Cl)ccc1Cl)S(=O)(=O)c1ccccc1)[C@H](Cc1ccccc1)C(=O)NC1CCCCC1. The second-order valence-corrected chi connectivity index (χ2v) is 14.6. The Morgan fingerprint density at radius 2 is 1.49 bits per heavy atom. The van der Waals surface area contributed by atoms with Gasteiger partial charge in [-0.1, -0.05) is 115 Å². The molecule has 4 aromatic rings. The monoisotopic (exact) mass is 691 g/mol. The lowest BCUT2D eigenvalue weighted by Crippen LogP contribution is -2.55. The van der Waals surface area contributed by atoms with E-state index in [0.29, 0.717) is 0 Å². The van der Waals surface area contributed by atoms with Gasteiger partial charge in [0.05, 0.1) is 15.6 Å². The van der Waals surface area contributed by atoms with Crippen molar-refractivity contribution in [3.63, 3.8) is 0 Å². The van der Waals surface area contributed by atoms with Gasteiger partial charge in [0.1, 0.15) is 12.6 Å². The molecule has 0 spiro atoms. The molecular formula is C37H39Cl2N3O4S. The summed E-state index contributed by atoms with van der Waals surface area (Å²) >= 11 is 12.9. The molecular weight excluding hydrogens is 653 g/mol. The summed E-state index contributed by atoms with van der Waals surface area (Å²) < 4.78 is 29.4. The second-order valence-electron chi connectivity index (χ2n) is 11.9. The Bertz CT molecular complexity index is 1780. The van der Waals surface area contributed by atoms with Crippen LogP contribution in [0.15, 0.2) is 108 Å². The number of amides is 2. The molecule has 1 fully saturated rings. The van der Waals surface area contributed by atoms with Crippen molar-refractivity contribution in [1.29, 1.82) is 0 Å². The summed E-state index contributed by atoms with van der Waals surface area (Å²) in [5.74, 6) is -0.815. The smallest absolute Gasteiger partial charge is 0.264 e. The highest BCUT2D eigenvalue weighted by Crippen LogP contribution is 2.33. The minimum Gasteiger partial charge on any atom is -0.352 e. The molecule has 0 radical (unpaired) electrons. The highest BCUT2D eigenvalue weighted by Gasteiger charge is 2.36. The van der Waals surface area contributed by atoms with Gasteiger partial charge in [0, 0.05) is 24.0 Å². The molecule has 1 saturated carbocycles. The van der Waals surface area contributed by atoms with E-state index in [1.807, 2.05) is 61.5 Å². The Morgan fingerprint density at radius 3 is 2.17 bits per heavy atom. The van der Waals surface area contributed by atoms with Crippen LogP contribution < -0.4 is 9.62 Å². The highest BCUT2D eigenvalue weighted by atomic mass is 35.5. The quantitative estimate of drug-likeness (QED) is 0.166. The standard InChI is InChI=1S/C37H39Cl2N3O4S/c1-27-13-11-12-16-29(27)25-41(35(23-28-14-5-2-6-15-28)37(44)40-31-17-7-3-8-18-31)36(43)26-42(34-24-30(38)21-22-33(34)39)47(45,46)32-19-9-4-10-20-32/h2,4-6,9-16,19-22,24,31,35H,3,7-8,17-18,23,25-26H2,1H3,(H,40,44)/t35-/m1/s1. The molecule has 0 aromatic heterocycles. The summed E-state index contributed by atoms with van der Waals surface area (Å²) in [5.41, 5.74) is 2.75. The summed E-state index contributed by atoms with van der Waals surface area (Å²) in [6, 6.07) is 28.7. The molecule has 2 amide bonds. The van der Waals surface area contributed by atoms with E-state index in [-0.39, 0.29) is 45.5 Å². The fourth-order valence-electron chi connectivity index (χ4n) is 5.98. The van der Waals surface area contributed by atoms with E-state index in [0.717, 1.165) is 53.1 Å². The van der Waals surface area contributed by atoms with Crippen LogP contribution in [-0.4, -0.2) is 43.8 Å². The summed E-state index contributed by atoms with van der Waals surface area (Å²) in [5, 5.41) is 3.60. The Kier molecular flexibility index (Phi) is 11.6. The number of nitrogens with one attached hydrogen (secondary N) is 1. The minimum absolute atomic E-state index is 0.00910.